The largest absolute Gasteiger partial charge is 0.443 e. The molecule has 0 aliphatic carbocycles. The molecular weight excluding hydrogens is 394 g/mol. The highest BCUT2D eigenvalue weighted by molar-refractivity contribution is 6.31. The highest BCUT2D eigenvalue weighted by Gasteiger charge is 2.43. The summed E-state index contributed by atoms with van der Waals surface area (Å²) in [6, 6.07) is 24.4. The van der Waals surface area contributed by atoms with E-state index in [9.17, 15) is 4.79 Å². The molecule has 3 atom stereocenters. The van der Waals surface area contributed by atoms with E-state index < -0.39 is 17.6 Å². The van der Waals surface area contributed by atoms with Crippen LogP contribution in [0.4, 0.5) is 0 Å². The van der Waals surface area contributed by atoms with Gasteiger partial charge in [-0.05, 0) is 18.9 Å². The van der Waals surface area contributed by atoms with E-state index >= 15 is 0 Å². The van der Waals surface area contributed by atoms with Gasteiger partial charge in [-0.25, -0.2) is 0 Å². The SMILES string of the molecule is CC[C@H](C)[C@H](N)C(=O)OC(c1ccccc1)(c1ccc(C)cc1)c1ccccc1Cl. The minimum absolute atomic E-state index is 0.00441. The van der Waals surface area contributed by atoms with Gasteiger partial charge in [0.1, 0.15) is 6.04 Å². The van der Waals surface area contributed by atoms with Crippen molar-refractivity contribution in [1.82, 2.24) is 0 Å². The van der Waals surface area contributed by atoms with Gasteiger partial charge in [0.2, 0.25) is 0 Å². The van der Waals surface area contributed by atoms with E-state index in [2.05, 4.69) is 0 Å². The van der Waals surface area contributed by atoms with E-state index in [4.69, 9.17) is 22.1 Å². The summed E-state index contributed by atoms with van der Waals surface area (Å²) in [5, 5.41) is 0.520. The second-order valence-electron chi connectivity index (χ2n) is 7.73. The van der Waals surface area contributed by atoms with E-state index in [1.54, 1.807) is 0 Å². The van der Waals surface area contributed by atoms with Crippen LogP contribution in [0.5, 0.6) is 0 Å². The van der Waals surface area contributed by atoms with Crippen molar-refractivity contribution in [3.8, 4) is 0 Å². The van der Waals surface area contributed by atoms with Crippen LogP contribution >= 0.6 is 11.6 Å². The topological polar surface area (TPSA) is 52.3 Å². The lowest BCUT2D eigenvalue weighted by Gasteiger charge is -2.37. The van der Waals surface area contributed by atoms with Gasteiger partial charge in [0.05, 0.1) is 0 Å². The molecule has 3 rings (SSSR count). The van der Waals surface area contributed by atoms with Crippen molar-refractivity contribution in [2.75, 3.05) is 0 Å². The zero-order valence-electron chi connectivity index (χ0n) is 17.6. The van der Waals surface area contributed by atoms with Crippen molar-refractivity contribution in [2.45, 2.75) is 38.8 Å². The zero-order chi connectivity index (χ0) is 21.7. The molecule has 0 aliphatic heterocycles. The molecule has 0 bridgehead atoms. The summed E-state index contributed by atoms with van der Waals surface area (Å²) in [4.78, 5) is 13.3. The summed E-state index contributed by atoms with van der Waals surface area (Å²) in [5.41, 5.74) is 8.50. The summed E-state index contributed by atoms with van der Waals surface area (Å²) in [5.74, 6) is -0.455. The van der Waals surface area contributed by atoms with Gasteiger partial charge in [0.15, 0.2) is 5.60 Å². The molecule has 0 saturated carbocycles. The predicted octanol–water partition coefficient (Wildman–Crippen LogP) is 5.86. The molecule has 0 heterocycles. The molecule has 0 aliphatic rings. The number of esters is 1. The molecule has 30 heavy (non-hydrogen) atoms. The number of hydrogen-bond donors (Lipinski definition) is 1. The maximum atomic E-state index is 13.3. The van der Waals surface area contributed by atoms with E-state index in [0.29, 0.717) is 10.6 Å². The van der Waals surface area contributed by atoms with Gasteiger partial charge in [-0.1, -0.05) is 110 Å². The average molecular weight is 422 g/mol. The van der Waals surface area contributed by atoms with Gasteiger partial charge >= 0.3 is 5.97 Å². The number of halogens is 1. The van der Waals surface area contributed by atoms with Crippen LogP contribution in [0.3, 0.4) is 0 Å². The van der Waals surface area contributed by atoms with Crippen molar-refractivity contribution in [2.24, 2.45) is 11.7 Å². The molecule has 4 heteroatoms. The van der Waals surface area contributed by atoms with Crippen LogP contribution in [0, 0.1) is 12.8 Å². The number of hydrogen-bond acceptors (Lipinski definition) is 3. The Bertz CT molecular complexity index is 987. The van der Waals surface area contributed by atoms with Gasteiger partial charge < -0.3 is 10.5 Å². The van der Waals surface area contributed by atoms with Gasteiger partial charge in [-0.15, -0.1) is 0 Å². The number of rotatable bonds is 7. The summed E-state index contributed by atoms with van der Waals surface area (Å²) in [7, 11) is 0. The first kappa shape index (κ1) is 22.1. The predicted molar refractivity (Wildman–Crippen MR) is 122 cm³/mol. The van der Waals surface area contributed by atoms with Gasteiger partial charge in [0, 0.05) is 21.7 Å². The monoisotopic (exact) mass is 421 g/mol. The molecule has 0 spiro atoms. The first-order valence-corrected chi connectivity index (χ1v) is 10.6. The summed E-state index contributed by atoms with van der Waals surface area (Å²) in [6.07, 6.45) is 0.783. The molecule has 0 aromatic heterocycles. The number of carbonyl (C=O) groups excluding carboxylic acids is 1. The second kappa shape index (κ2) is 9.46. The Morgan fingerprint density at radius 3 is 2.13 bits per heavy atom. The quantitative estimate of drug-likeness (QED) is 0.384. The fourth-order valence-electron chi connectivity index (χ4n) is 3.56. The fraction of sp³-hybridized carbons (Fsp3) is 0.269. The van der Waals surface area contributed by atoms with Crippen LogP contribution < -0.4 is 5.73 Å². The van der Waals surface area contributed by atoms with Gasteiger partial charge in [-0.3, -0.25) is 4.79 Å². The van der Waals surface area contributed by atoms with Crippen LogP contribution in [0.1, 0.15) is 42.5 Å². The van der Waals surface area contributed by atoms with E-state index in [1.165, 1.54) is 0 Å². The third-order valence-electron chi connectivity index (χ3n) is 5.67. The third kappa shape index (κ3) is 4.28. The van der Waals surface area contributed by atoms with Crippen LogP contribution in [-0.2, 0) is 15.1 Å². The minimum atomic E-state index is -1.21. The molecular formula is C26H28ClNO2. The minimum Gasteiger partial charge on any atom is -0.443 e. The van der Waals surface area contributed by atoms with Gasteiger partial charge in [0.25, 0.3) is 0 Å². The summed E-state index contributed by atoms with van der Waals surface area (Å²) < 4.78 is 6.35. The Morgan fingerprint density at radius 1 is 0.967 bits per heavy atom. The van der Waals surface area contributed by atoms with Crippen molar-refractivity contribution in [3.05, 3.63) is 106 Å². The van der Waals surface area contributed by atoms with Crippen LogP contribution in [0.15, 0.2) is 78.9 Å². The summed E-state index contributed by atoms with van der Waals surface area (Å²) in [6.45, 7) is 5.99. The normalized spacial score (nSPS) is 15.1. The first-order valence-electron chi connectivity index (χ1n) is 10.3. The van der Waals surface area contributed by atoms with Crippen LogP contribution in [0.2, 0.25) is 5.02 Å². The van der Waals surface area contributed by atoms with Crippen molar-refractivity contribution in [1.29, 1.82) is 0 Å². The Labute approximate surface area is 183 Å². The smallest absolute Gasteiger partial charge is 0.324 e. The first-order chi connectivity index (χ1) is 14.4. The fourth-order valence-corrected chi connectivity index (χ4v) is 3.83. The highest BCUT2D eigenvalue weighted by atomic mass is 35.5. The lowest BCUT2D eigenvalue weighted by Crippen LogP contribution is -2.44. The number of nitrogens with two attached hydrogens (primary N) is 1. The average Bonchev–Trinajstić information content (AvgIpc) is 2.78. The molecule has 3 nitrogen and oxygen atoms in total. The maximum absolute atomic E-state index is 13.3. The molecule has 156 valence electrons. The summed E-state index contributed by atoms with van der Waals surface area (Å²) >= 11 is 6.67. The van der Waals surface area contributed by atoms with Crippen molar-refractivity contribution < 1.29 is 9.53 Å². The lowest BCUT2D eigenvalue weighted by molar-refractivity contribution is -0.156. The number of benzene rings is 3. The Kier molecular flexibility index (Phi) is 6.96. The lowest BCUT2D eigenvalue weighted by atomic mass is 9.79. The second-order valence-corrected chi connectivity index (χ2v) is 8.13. The number of carbonyl (C=O) groups is 1. The van der Waals surface area contributed by atoms with E-state index in [-0.39, 0.29) is 5.92 Å². The van der Waals surface area contributed by atoms with Crippen molar-refractivity contribution >= 4 is 17.6 Å². The molecule has 2 N–H and O–H groups in total. The molecule has 0 saturated heterocycles. The third-order valence-corrected chi connectivity index (χ3v) is 6.00. The molecule has 3 aromatic carbocycles. The molecule has 0 amide bonds. The van der Waals surface area contributed by atoms with E-state index in [1.807, 2.05) is 99.6 Å². The molecule has 1 unspecified atom stereocenters. The molecule has 0 fully saturated rings. The Hall–Kier alpha value is -2.62. The zero-order valence-corrected chi connectivity index (χ0v) is 18.4. The van der Waals surface area contributed by atoms with Crippen LogP contribution in [-0.4, -0.2) is 12.0 Å². The number of aryl methyl sites for hydroxylation is 1. The van der Waals surface area contributed by atoms with Gasteiger partial charge in [-0.2, -0.15) is 0 Å². The number of ether oxygens (including phenoxy) is 1. The molecule has 0 radical (unpaired) electrons. The molecule has 3 aromatic rings. The van der Waals surface area contributed by atoms with Crippen LogP contribution in [0.25, 0.3) is 0 Å². The van der Waals surface area contributed by atoms with Crippen molar-refractivity contribution in [3.63, 3.8) is 0 Å². The Morgan fingerprint density at radius 2 is 1.53 bits per heavy atom. The highest BCUT2D eigenvalue weighted by Crippen LogP contribution is 2.43. The standard InChI is InChI=1S/C26H28ClNO2/c1-4-19(3)24(28)25(29)30-26(20-10-6-5-7-11-20,21-16-14-18(2)15-17-21)22-12-8-9-13-23(22)27/h5-17,19,24H,4,28H2,1-3H3/t19-,24-,26?/m0/s1. The Balaban J connectivity index is 2.28. The maximum Gasteiger partial charge on any atom is 0.324 e. The van der Waals surface area contributed by atoms with E-state index in [0.717, 1.165) is 23.1 Å².